The Morgan fingerprint density at radius 1 is 1.15 bits per heavy atom. The summed E-state index contributed by atoms with van der Waals surface area (Å²) in [4.78, 5) is 15.2. The number of aromatic nitrogens is 2. The van der Waals surface area contributed by atoms with Crippen molar-refractivity contribution in [1.29, 1.82) is 0 Å². The lowest BCUT2D eigenvalue weighted by Crippen LogP contribution is -2.42. The molecule has 0 aliphatic carbocycles. The van der Waals surface area contributed by atoms with Crippen molar-refractivity contribution in [2.75, 3.05) is 13.1 Å². The summed E-state index contributed by atoms with van der Waals surface area (Å²) in [6, 6.07) is 11.5. The average Bonchev–Trinajstić information content (AvgIpc) is 3.33. The highest BCUT2D eigenvalue weighted by Gasteiger charge is 2.44. The summed E-state index contributed by atoms with van der Waals surface area (Å²) in [6.07, 6.45) is 5.19. The van der Waals surface area contributed by atoms with E-state index in [9.17, 15) is 4.79 Å². The zero-order valence-electron chi connectivity index (χ0n) is 15.7. The van der Waals surface area contributed by atoms with Crippen LogP contribution in [0.2, 0.25) is 0 Å². The molecule has 3 aliphatic rings. The lowest BCUT2D eigenvalue weighted by atomic mass is 9.88. The fourth-order valence-corrected chi connectivity index (χ4v) is 5.20. The molecule has 2 bridgehead atoms. The second-order valence-corrected chi connectivity index (χ2v) is 7.98. The van der Waals surface area contributed by atoms with Crippen LogP contribution in [0.4, 0.5) is 0 Å². The molecular weight excluding hydrogens is 360 g/mol. The summed E-state index contributed by atoms with van der Waals surface area (Å²) >= 11 is 0. The van der Waals surface area contributed by atoms with Gasteiger partial charge in [0.1, 0.15) is 0 Å². The number of benzene rings is 1. The topological polar surface area (TPSA) is 50.2 Å². The van der Waals surface area contributed by atoms with E-state index in [1.54, 1.807) is 0 Å². The van der Waals surface area contributed by atoms with Gasteiger partial charge in [-0.3, -0.25) is 9.48 Å². The van der Waals surface area contributed by atoms with Crippen LogP contribution in [-0.4, -0.2) is 45.8 Å². The molecule has 0 radical (unpaired) electrons. The Labute approximate surface area is 166 Å². The van der Waals surface area contributed by atoms with E-state index in [0.29, 0.717) is 18.0 Å². The van der Waals surface area contributed by atoms with Crippen molar-refractivity contribution in [3.8, 4) is 11.3 Å². The maximum absolute atomic E-state index is 13.1. The summed E-state index contributed by atoms with van der Waals surface area (Å²) in [6.45, 7) is 1.61. The normalized spacial score (nSPS) is 26.4. The van der Waals surface area contributed by atoms with Gasteiger partial charge in [0.25, 0.3) is 0 Å². The molecule has 1 amide bonds. The number of halogens is 1. The molecular formula is C21H27ClN4O. The van der Waals surface area contributed by atoms with Gasteiger partial charge in [0, 0.05) is 49.8 Å². The van der Waals surface area contributed by atoms with E-state index in [-0.39, 0.29) is 18.3 Å². The van der Waals surface area contributed by atoms with Gasteiger partial charge >= 0.3 is 0 Å². The van der Waals surface area contributed by atoms with Crippen LogP contribution in [0.3, 0.4) is 0 Å². The molecule has 1 aromatic heterocycles. The van der Waals surface area contributed by atoms with E-state index in [2.05, 4.69) is 34.5 Å². The molecule has 1 N–H and O–H groups in total. The van der Waals surface area contributed by atoms with Gasteiger partial charge in [-0.1, -0.05) is 30.3 Å². The van der Waals surface area contributed by atoms with Crippen molar-refractivity contribution < 1.29 is 4.79 Å². The summed E-state index contributed by atoms with van der Waals surface area (Å²) in [7, 11) is 2.03. The fourth-order valence-electron chi connectivity index (χ4n) is 5.20. The lowest BCUT2D eigenvalue weighted by Gasteiger charge is -2.27. The zero-order valence-corrected chi connectivity index (χ0v) is 16.5. The minimum Gasteiger partial charge on any atom is -0.342 e. The first-order valence-electron chi connectivity index (χ1n) is 9.85. The molecule has 0 unspecified atom stereocenters. The molecule has 3 aliphatic heterocycles. The summed E-state index contributed by atoms with van der Waals surface area (Å²) < 4.78 is 2.01. The van der Waals surface area contributed by atoms with Crippen LogP contribution in [0.25, 0.3) is 11.3 Å². The van der Waals surface area contributed by atoms with Gasteiger partial charge in [-0.05, 0) is 25.7 Å². The highest BCUT2D eigenvalue weighted by Crippen LogP contribution is 2.35. The van der Waals surface area contributed by atoms with Gasteiger partial charge in [0.05, 0.1) is 17.3 Å². The Morgan fingerprint density at radius 2 is 1.93 bits per heavy atom. The second-order valence-electron chi connectivity index (χ2n) is 7.98. The lowest BCUT2D eigenvalue weighted by molar-refractivity contribution is -0.136. The maximum Gasteiger partial charge on any atom is 0.227 e. The van der Waals surface area contributed by atoms with E-state index in [0.717, 1.165) is 44.5 Å². The van der Waals surface area contributed by atoms with Crippen LogP contribution >= 0.6 is 12.4 Å². The van der Waals surface area contributed by atoms with Gasteiger partial charge < -0.3 is 10.2 Å². The third-order valence-corrected chi connectivity index (χ3v) is 6.45. The third-order valence-electron chi connectivity index (χ3n) is 6.45. The Hall–Kier alpha value is -1.85. The monoisotopic (exact) mass is 386 g/mol. The SMILES string of the molecule is Cl.Cn1nc2c(c1-c1ccccc1)CCN(C(=O)[C@H]1C[C@H]3CC[C@@H]1N3)CC2. The number of fused-ring (bicyclic) bond motifs is 3. The molecule has 2 aromatic rings. The largest absolute Gasteiger partial charge is 0.342 e. The average molecular weight is 387 g/mol. The highest BCUT2D eigenvalue weighted by atomic mass is 35.5. The Kier molecular flexibility index (Phi) is 4.99. The number of aryl methyl sites for hydroxylation is 1. The first-order chi connectivity index (χ1) is 12.7. The number of nitrogens with one attached hydrogen (secondary N) is 1. The first-order valence-corrected chi connectivity index (χ1v) is 9.85. The molecule has 27 heavy (non-hydrogen) atoms. The van der Waals surface area contributed by atoms with Crippen LogP contribution in [-0.2, 0) is 24.7 Å². The standard InChI is InChI=1S/C21H26N4O.ClH/c1-24-20(14-5-3-2-4-6-14)16-9-11-25(12-10-19(16)23-24)21(26)17-13-15-7-8-18(17)22-15;/h2-6,15,17-18,22H,7-13H2,1H3;1H/t15-,17+,18+;/m1./s1. The van der Waals surface area contributed by atoms with Crippen LogP contribution in [0.15, 0.2) is 30.3 Å². The number of rotatable bonds is 2. The number of amides is 1. The number of hydrogen-bond acceptors (Lipinski definition) is 3. The molecule has 0 saturated carbocycles. The second kappa shape index (κ2) is 7.28. The van der Waals surface area contributed by atoms with Gasteiger partial charge in [0.2, 0.25) is 5.91 Å². The Morgan fingerprint density at radius 3 is 2.63 bits per heavy atom. The van der Waals surface area contributed by atoms with Gasteiger partial charge in [-0.25, -0.2) is 0 Å². The van der Waals surface area contributed by atoms with Crippen molar-refractivity contribution in [3.05, 3.63) is 41.6 Å². The molecule has 144 valence electrons. The number of nitrogens with zero attached hydrogens (tertiary/aromatic N) is 3. The quantitative estimate of drug-likeness (QED) is 0.863. The zero-order chi connectivity index (χ0) is 17.7. The molecule has 0 spiro atoms. The molecule has 5 nitrogen and oxygen atoms in total. The van der Waals surface area contributed by atoms with Crippen LogP contribution in [0, 0.1) is 5.92 Å². The van der Waals surface area contributed by atoms with Gasteiger partial charge in [0.15, 0.2) is 0 Å². The number of carbonyl (C=O) groups is 1. The highest BCUT2D eigenvalue weighted by molar-refractivity contribution is 5.85. The Balaban J connectivity index is 0.00000180. The molecule has 3 atom stereocenters. The predicted molar refractivity (Wildman–Crippen MR) is 108 cm³/mol. The van der Waals surface area contributed by atoms with E-state index in [1.807, 2.05) is 17.8 Å². The van der Waals surface area contributed by atoms with E-state index >= 15 is 0 Å². The van der Waals surface area contributed by atoms with E-state index < -0.39 is 0 Å². The third kappa shape index (κ3) is 3.17. The molecule has 6 heteroatoms. The van der Waals surface area contributed by atoms with Crippen LogP contribution in [0.1, 0.15) is 30.5 Å². The van der Waals surface area contributed by atoms with Crippen LogP contribution in [0.5, 0.6) is 0 Å². The predicted octanol–water partition coefficient (Wildman–Crippen LogP) is 2.58. The van der Waals surface area contributed by atoms with Crippen LogP contribution < -0.4 is 5.32 Å². The summed E-state index contributed by atoms with van der Waals surface area (Å²) in [5.74, 6) is 0.555. The van der Waals surface area contributed by atoms with Crippen molar-refractivity contribution in [2.45, 2.75) is 44.2 Å². The molecule has 5 rings (SSSR count). The minimum absolute atomic E-state index is 0. The number of hydrogen-bond donors (Lipinski definition) is 1. The minimum atomic E-state index is 0. The molecule has 4 heterocycles. The van der Waals surface area contributed by atoms with Gasteiger partial charge in [-0.2, -0.15) is 5.10 Å². The summed E-state index contributed by atoms with van der Waals surface area (Å²) in [5.41, 5.74) is 4.89. The van der Waals surface area contributed by atoms with Crippen molar-refractivity contribution in [2.24, 2.45) is 13.0 Å². The van der Waals surface area contributed by atoms with Crippen molar-refractivity contribution >= 4 is 18.3 Å². The first kappa shape index (κ1) is 18.5. The summed E-state index contributed by atoms with van der Waals surface area (Å²) in [5, 5.41) is 8.38. The molecule has 1 aromatic carbocycles. The molecule has 2 saturated heterocycles. The number of carbonyl (C=O) groups excluding carboxylic acids is 1. The van der Waals surface area contributed by atoms with E-state index in [1.165, 1.54) is 23.2 Å². The fraction of sp³-hybridized carbons (Fsp3) is 0.524. The smallest absolute Gasteiger partial charge is 0.227 e. The van der Waals surface area contributed by atoms with Crippen molar-refractivity contribution in [3.63, 3.8) is 0 Å². The Bertz CT molecular complexity index is 834. The van der Waals surface area contributed by atoms with E-state index in [4.69, 9.17) is 5.10 Å². The van der Waals surface area contributed by atoms with Gasteiger partial charge in [-0.15, -0.1) is 12.4 Å². The maximum atomic E-state index is 13.1. The van der Waals surface area contributed by atoms with Crippen molar-refractivity contribution in [1.82, 2.24) is 20.0 Å². The molecule has 2 fully saturated rings.